The Morgan fingerprint density at radius 2 is 1.47 bits per heavy atom. The van der Waals surface area contributed by atoms with E-state index in [9.17, 15) is 8.42 Å². The van der Waals surface area contributed by atoms with Crippen LogP contribution in [-0.2, 0) is 9.84 Å². The predicted octanol–water partition coefficient (Wildman–Crippen LogP) is 4.47. The summed E-state index contributed by atoms with van der Waals surface area (Å²) in [5.41, 5.74) is 2.75. The lowest BCUT2D eigenvalue weighted by Crippen LogP contribution is -2.47. The maximum Gasteiger partial charge on any atom is 0.214 e. The number of nitrogens with one attached hydrogen (secondary N) is 1. The first-order valence-corrected chi connectivity index (χ1v) is 12.4. The van der Waals surface area contributed by atoms with E-state index >= 15 is 0 Å². The number of rotatable bonds is 4. The average Bonchev–Trinajstić information content (AvgIpc) is 2.84. The van der Waals surface area contributed by atoms with Crippen molar-refractivity contribution in [3.8, 4) is 0 Å². The van der Waals surface area contributed by atoms with Crippen LogP contribution in [0.4, 0.5) is 11.4 Å². The quantitative estimate of drug-likeness (QED) is 0.447. The lowest BCUT2D eigenvalue weighted by molar-refractivity contribution is -0.347. The van der Waals surface area contributed by atoms with Crippen LogP contribution in [0.5, 0.6) is 0 Å². The summed E-state index contributed by atoms with van der Waals surface area (Å²) in [6, 6.07) is 24.3. The SMILES string of the molecule is O=S(=O)(c1ccccc1)c1c[nH+]c2ccccc2c1N1CCN(c2cccc(Cl)c2)CC1. The molecule has 1 N–H and O–H groups in total. The van der Waals surface area contributed by atoms with Crippen LogP contribution in [0.15, 0.2) is 94.9 Å². The van der Waals surface area contributed by atoms with Gasteiger partial charge in [-0.1, -0.05) is 48.0 Å². The van der Waals surface area contributed by atoms with Gasteiger partial charge in [0.2, 0.25) is 15.4 Å². The largest absolute Gasteiger partial charge is 0.368 e. The summed E-state index contributed by atoms with van der Waals surface area (Å²) >= 11 is 6.18. The van der Waals surface area contributed by atoms with Crippen LogP contribution >= 0.6 is 11.6 Å². The molecule has 5 rings (SSSR count). The molecule has 0 saturated carbocycles. The van der Waals surface area contributed by atoms with Crippen molar-refractivity contribution < 1.29 is 13.4 Å². The second-order valence-electron chi connectivity index (χ2n) is 7.82. The van der Waals surface area contributed by atoms with Gasteiger partial charge in [-0.25, -0.2) is 13.4 Å². The number of halogens is 1. The topological polar surface area (TPSA) is 54.8 Å². The molecule has 1 aliphatic rings. The molecule has 0 radical (unpaired) electrons. The molecule has 162 valence electrons. The Kier molecular flexibility index (Phi) is 5.49. The lowest BCUT2D eigenvalue weighted by Gasteiger charge is -2.38. The molecule has 0 amide bonds. The van der Waals surface area contributed by atoms with Crippen molar-refractivity contribution in [1.82, 2.24) is 0 Å². The standard InChI is InChI=1S/C25H22ClN3O2S/c26-19-7-6-8-20(17-19)28-13-15-29(16-14-28)25-22-11-4-5-12-23(22)27-18-24(25)32(30,31)21-9-2-1-3-10-21/h1-12,17-18H,13-16H2/p+1. The first-order valence-electron chi connectivity index (χ1n) is 10.5. The molecule has 7 heteroatoms. The minimum atomic E-state index is -3.69. The third-order valence-corrected chi connectivity index (χ3v) is 7.90. The molecule has 3 aromatic carbocycles. The van der Waals surface area contributed by atoms with Crippen LogP contribution in [0, 0.1) is 0 Å². The number of hydrogen-bond acceptors (Lipinski definition) is 4. The van der Waals surface area contributed by atoms with E-state index in [4.69, 9.17) is 11.6 Å². The fraction of sp³-hybridized carbons (Fsp3) is 0.160. The van der Waals surface area contributed by atoms with Crippen LogP contribution in [-0.4, -0.2) is 34.6 Å². The number of fused-ring (bicyclic) bond motifs is 1. The van der Waals surface area contributed by atoms with E-state index in [1.54, 1.807) is 30.5 Å². The maximum absolute atomic E-state index is 13.6. The second kappa shape index (κ2) is 8.45. The molecule has 4 aromatic rings. The minimum absolute atomic E-state index is 0.294. The smallest absolute Gasteiger partial charge is 0.214 e. The van der Waals surface area contributed by atoms with E-state index in [1.165, 1.54) is 0 Å². The third-order valence-electron chi connectivity index (χ3n) is 5.89. The molecular formula is C25H23ClN3O2S+. The summed E-state index contributed by atoms with van der Waals surface area (Å²) in [4.78, 5) is 8.25. The number of aromatic nitrogens is 1. The number of para-hydroxylation sites is 1. The first kappa shape index (κ1) is 20.8. The molecule has 32 heavy (non-hydrogen) atoms. The summed E-state index contributed by atoms with van der Waals surface area (Å²) in [7, 11) is -3.69. The molecule has 5 nitrogen and oxygen atoms in total. The summed E-state index contributed by atoms with van der Waals surface area (Å²) in [5, 5.41) is 1.62. The number of nitrogens with zero attached hydrogens (tertiary/aromatic N) is 2. The zero-order valence-electron chi connectivity index (χ0n) is 17.4. The molecule has 0 spiro atoms. The van der Waals surface area contributed by atoms with Crippen LogP contribution in [0.2, 0.25) is 5.02 Å². The molecule has 0 unspecified atom stereocenters. The molecule has 1 saturated heterocycles. The number of pyridine rings is 1. The van der Waals surface area contributed by atoms with Crippen molar-refractivity contribution in [2.75, 3.05) is 36.0 Å². The van der Waals surface area contributed by atoms with Gasteiger partial charge in [-0.3, -0.25) is 0 Å². The van der Waals surface area contributed by atoms with Crippen molar-refractivity contribution in [2.45, 2.75) is 9.79 Å². The fourth-order valence-corrected chi connectivity index (χ4v) is 5.94. The van der Waals surface area contributed by atoms with Gasteiger partial charge in [0, 0.05) is 43.0 Å². The van der Waals surface area contributed by atoms with Gasteiger partial charge in [0.05, 0.1) is 16.0 Å². The maximum atomic E-state index is 13.6. The van der Waals surface area contributed by atoms with Gasteiger partial charge in [-0.05, 0) is 36.4 Å². The van der Waals surface area contributed by atoms with Crippen molar-refractivity contribution in [3.63, 3.8) is 0 Å². The molecule has 0 aliphatic carbocycles. The van der Waals surface area contributed by atoms with Gasteiger partial charge in [-0.2, -0.15) is 0 Å². The summed E-state index contributed by atoms with van der Waals surface area (Å²) < 4.78 is 27.2. The molecule has 1 aromatic heterocycles. The Balaban J connectivity index is 1.56. The van der Waals surface area contributed by atoms with E-state index in [0.717, 1.165) is 35.4 Å². The van der Waals surface area contributed by atoms with Gasteiger partial charge >= 0.3 is 0 Å². The minimum Gasteiger partial charge on any atom is -0.368 e. The number of anilines is 2. The van der Waals surface area contributed by atoms with Gasteiger partial charge in [0.25, 0.3) is 0 Å². The highest BCUT2D eigenvalue weighted by molar-refractivity contribution is 7.91. The van der Waals surface area contributed by atoms with Gasteiger partial charge < -0.3 is 9.80 Å². The fourth-order valence-electron chi connectivity index (χ4n) is 4.28. The Bertz CT molecular complexity index is 1370. The van der Waals surface area contributed by atoms with Crippen molar-refractivity contribution in [3.05, 3.63) is 90.1 Å². The zero-order valence-corrected chi connectivity index (χ0v) is 19.0. The predicted molar refractivity (Wildman–Crippen MR) is 128 cm³/mol. The molecule has 1 fully saturated rings. The number of hydrogen-bond donors (Lipinski definition) is 0. The average molecular weight is 465 g/mol. The summed E-state index contributed by atoms with van der Waals surface area (Å²) in [6.45, 7) is 2.96. The number of benzene rings is 3. The Morgan fingerprint density at radius 1 is 0.781 bits per heavy atom. The lowest BCUT2D eigenvalue weighted by atomic mass is 10.1. The van der Waals surface area contributed by atoms with Crippen molar-refractivity contribution >= 4 is 43.7 Å². The van der Waals surface area contributed by atoms with E-state index < -0.39 is 9.84 Å². The second-order valence-corrected chi connectivity index (χ2v) is 10.2. The normalized spacial score (nSPS) is 14.7. The van der Waals surface area contributed by atoms with E-state index in [1.807, 2.05) is 48.5 Å². The Labute approximate surface area is 192 Å². The molecular weight excluding hydrogens is 442 g/mol. The van der Waals surface area contributed by atoms with E-state index in [-0.39, 0.29) is 0 Å². The monoisotopic (exact) mass is 464 g/mol. The van der Waals surface area contributed by atoms with Crippen LogP contribution in [0.3, 0.4) is 0 Å². The summed E-state index contributed by atoms with van der Waals surface area (Å²) in [5.74, 6) is 0. The first-order chi connectivity index (χ1) is 15.5. The van der Waals surface area contributed by atoms with Crippen LogP contribution in [0.1, 0.15) is 0 Å². The Morgan fingerprint density at radius 3 is 2.22 bits per heavy atom. The highest BCUT2D eigenvalue weighted by atomic mass is 35.5. The number of H-pyrrole nitrogens is 1. The molecule has 0 bridgehead atoms. The van der Waals surface area contributed by atoms with E-state index in [0.29, 0.717) is 27.9 Å². The Hall–Kier alpha value is -3.09. The van der Waals surface area contributed by atoms with Crippen LogP contribution in [0.25, 0.3) is 10.9 Å². The zero-order chi connectivity index (χ0) is 22.1. The highest BCUT2D eigenvalue weighted by Crippen LogP contribution is 2.35. The molecule has 0 atom stereocenters. The number of sulfone groups is 1. The van der Waals surface area contributed by atoms with Crippen molar-refractivity contribution in [1.29, 1.82) is 0 Å². The molecule has 1 aliphatic heterocycles. The van der Waals surface area contributed by atoms with Crippen molar-refractivity contribution in [2.24, 2.45) is 0 Å². The molecule has 2 heterocycles. The number of piperazine rings is 1. The van der Waals surface area contributed by atoms with Gasteiger partial charge in [0.1, 0.15) is 0 Å². The van der Waals surface area contributed by atoms with Crippen LogP contribution < -0.4 is 14.8 Å². The van der Waals surface area contributed by atoms with Gasteiger partial charge in [-0.15, -0.1) is 0 Å². The highest BCUT2D eigenvalue weighted by Gasteiger charge is 2.30. The van der Waals surface area contributed by atoms with Gasteiger partial charge in [0.15, 0.2) is 11.1 Å². The van der Waals surface area contributed by atoms with E-state index in [2.05, 4.69) is 20.9 Å². The summed E-state index contributed by atoms with van der Waals surface area (Å²) in [6.07, 6.45) is 1.63. The number of aromatic amines is 1. The third kappa shape index (κ3) is 3.80.